The Kier molecular flexibility index (Phi) is 2.98. The molecule has 1 aromatic heterocycles. The van der Waals surface area contributed by atoms with Gasteiger partial charge in [0, 0.05) is 6.07 Å². The summed E-state index contributed by atoms with van der Waals surface area (Å²) >= 11 is 5.83. The normalized spacial score (nSPS) is 17.3. The molecule has 0 radical (unpaired) electrons. The van der Waals surface area contributed by atoms with Crippen LogP contribution in [0.25, 0.3) is 0 Å². The molecule has 1 aromatic carbocycles. The number of benzene rings is 1. The van der Waals surface area contributed by atoms with E-state index in [1.165, 1.54) is 6.07 Å². The molecular formula is C13H12ClFN4. The van der Waals surface area contributed by atoms with Gasteiger partial charge in [0.1, 0.15) is 16.8 Å². The molecule has 4 nitrogen and oxygen atoms in total. The molecular weight excluding hydrogens is 267 g/mol. The van der Waals surface area contributed by atoms with E-state index < -0.39 is 0 Å². The molecule has 1 aliphatic rings. The summed E-state index contributed by atoms with van der Waals surface area (Å²) in [6, 6.07) is 6.51. The summed E-state index contributed by atoms with van der Waals surface area (Å²) in [7, 11) is 0. The van der Waals surface area contributed by atoms with E-state index >= 15 is 0 Å². The number of anilines is 2. The van der Waals surface area contributed by atoms with Gasteiger partial charge in [0.2, 0.25) is 5.95 Å². The quantitative estimate of drug-likeness (QED) is 0.829. The Balaban J connectivity index is 1.88. The summed E-state index contributed by atoms with van der Waals surface area (Å²) in [6.45, 7) is 0. The Morgan fingerprint density at radius 3 is 2.95 bits per heavy atom. The second-order valence-corrected chi connectivity index (χ2v) is 4.90. The largest absolute Gasteiger partial charge is 0.368 e. The fourth-order valence-corrected chi connectivity index (χ4v) is 2.60. The van der Waals surface area contributed by atoms with Gasteiger partial charge in [-0.2, -0.15) is 4.98 Å². The number of hydrogen-bond acceptors (Lipinski definition) is 4. The average Bonchev–Trinajstić information content (AvgIpc) is 2.70. The van der Waals surface area contributed by atoms with E-state index in [9.17, 15) is 4.39 Å². The smallest absolute Gasteiger partial charge is 0.223 e. The molecule has 0 fully saturated rings. The van der Waals surface area contributed by atoms with E-state index in [0.29, 0.717) is 5.82 Å². The van der Waals surface area contributed by atoms with E-state index in [4.69, 9.17) is 17.3 Å². The number of halogens is 2. The van der Waals surface area contributed by atoms with Crippen molar-refractivity contribution in [3.05, 3.63) is 46.4 Å². The Labute approximate surface area is 114 Å². The van der Waals surface area contributed by atoms with E-state index in [2.05, 4.69) is 15.3 Å². The van der Waals surface area contributed by atoms with Crippen LogP contribution < -0.4 is 11.1 Å². The first-order chi connectivity index (χ1) is 9.11. The molecule has 1 atom stereocenters. The SMILES string of the molecule is Nc1nc(Cl)cc(NC2CCc3ccc(F)cc32)n1. The van der Waals surface area contributed by atoms with Crippen LogP contribution in [0.1, 0.15) is 23.6 Å². The molecule has 0 amide bonds. The first-order valence-electron chi connectivity index (χ1n) is 5.97. The van der Waals surface area contributed by atoms with Gasteiger partial charge < -0.3 is 11.1 Å². The summed E-state index contributed by atoms with van der Waals surface area (Å²) in [6.07, 6.45) is 1.81. The van der Waals surface area contributed by atoms with Crippen molar-refractivity contribution in [2.75, 3.05) is 11.1 Å². The number of nitrogens with zero attached hydrogens (tertiary/aromatic N) is 2. The lowest BCUT2D eigenvalue weighted by atomic mass is 10.1. The molecule has 6 heteroatoms. The number of nitrogens with two attached hydrogens (primary N) is 1. The molecule has 19 heavy (non-hydrogen) atoms. The molecule has 2 aromatic rings. The van der Waals surface area contributed by atoms with E-state index in [-0.39, 0.29) is 23.0 Å². The van der Waals surface area contributed by atoms with Crippen molar-refractivity contribution < 1.29 is 4.39 Å². The number of fused-ring (bicyclic) bond motifs is 1. The number of hydrogen-bond donors (Lipinski definition) is 2. The van der Waals surface area contributed by atoms with Gasteiger partial charge in [0.25, 0.3) is 0 Å². The first kappa shape index (κ1) is 12.2. The van der Waals surface area contributed by atoms with Crippen LogP contribution in [-0.2, 0) is 6.42 Å². The van der Waals surface area contributed by atoms with Crippen LogP contribution in [0.2, 0.25) is 5.15 Å². The molecule has 1 unspecified atom stereocenters. The van der Waals surface area contributed by atoms with Crippen LogP contribution in [0, 0.1) is 5.82 Å². The van der Waals surface area contributed by atoms with Crippen LogP contribution >= 0.6 is 11.6 Å². The predicted octanol–water partition coefficient (Wildman–Crippen LogP) is 2.95. The van der Waals surface area contributed by atoms with Gasteiger partial charge in [-0.3, -0.25) is 0 Å². The van der Waals surface area contributed by atoms with Crippen molar-refractivity contribution >= 4 is 23.4 Å². The molecule has 3 rings (SSSR count). The molecule has 0 saturated heterocycles. The summed E-state index contributed by atoms with van der Waals surface area (Å²) in [5.41, 5.74) is 7.67. The zero-order valence-corrected chi connectivity index (χ0v) is 10.8. The molecule has 0 spiro atoms. The fraction of sp³-hybridized carbons (Fsp3) is 0.231. The summed E-state index contributed by atoms with van der Waals surface area (Å²) in [5.74, 6) is 0.444. The van der Waals surface area contributed by atoms with Crippen molar-refractivity contribution in [1.82, 2.24) is 9.97 Å². The van der Waals surface area contributed by atoms with Gasteiger partial charge in [-0.25, -0.2) is 9.37 Å². The highest BCUT2D eigenvalue weighted by atomic mass is 35.5. The van der Waals surface area contributed by atoms with Crippen molar-refractivity contribution in [2.45, 2.75) is 18.9 Å². The lowest BCUT2D eigenvalue weighted by molar-refractivity contribution is 0.624. The molecule has 0 aliphatic heterocycles. The van der Waals surface area contributed by atoms with Crippen molar-refractivity contribution in [3.63, 3.8) is 0 Å². The number of rotatable bonds is 2. The van der Waals surface area contributed by atoms with Crippen LogP contribution in [0.3, 0.4) is 0 Å². The molecule has 0 bridgehead atoms. The lowest BCUT2D eigenvalue weighted by Crippen LogP contribution is -2.10. The topological polar surface area (TPSA) is 63.8 Å². The van der Waals surface area contributed by atoms with Crippen LogP contribution in [0.4, 0.5) is 16.2 Å². The minimum atomic E-state index is -0.229. The summed E-state index contributed by atoms with van der Waals surface area (Å²) in [4.78, 5) is 7.87. The Morgan fingerprint density at radius 2 is 2.16 bits per heavy atom. The fourth-order valence-electron chi connectivity index (χ4n) is 2.41. The third kappa shape index (κ3) is 2.46. The van der Waals surface area contributed by atoms with Gasteiger partial charge in [-0.05, 0) is 36.1 Å². The van der Waals surface area contributed by atoms with Crippen molar-refractivity contribution in [2.24, 2.45) is 0 Å². The zero-order valence-electron chi connectivity index (χ0n) is 10.0. The second-order valence-electron chi connectivity index (χ2n) is 4.51. The molecule has 1 heterocycles. The number of nitrogens with one attached hydrogen (secondary N) is 1. The molecule has 1 aliphatic carbocycles. The highest BCUT2D eigenvalue weighted by molar-refractivity contribution is 6.29. The Hall–Kier alpha value is -1.88. The van der Waals surface area contributed by atoms with E-state index in [0.717, 1.165) is 24.0 Å². The number of aryl methyl sites for hydroxylation is 1. The zero-order chi connectivity index (χ0) is 13.4. The maximum absolute atomic E-state index is 13.3. The highest BCUT2D eigenvalue weighted by Crippen LogP contribution is 2.34. The number of aromatic nitrogens is 2. The van der Waals surface area contributed by atoms with Gasteiger partial charge in [-0.15, -0.1) is 0 Å². The molecule has 0 saturated carbocycles. The average molecular weight is 279 g/mol. The van der Waals surface area contributed by atoms with Crippen molar-refractivity contribution in [1.29, 1.82) is 0 Å². The minimum absolute atomic E-state index is 0.0241. The maximum Gasteiger partial charge on any atom is 0.223 e. The third-order valence-electron chi connectivity index (χ3n) is 3.22. The van der Waals surface area contributed by atoms with Crippen LogP contribution in [0.15, 0.2) is 24.3 Å². The second kappa shape index (κ2) is 4.66. The minimum Gasteiger partial charge on any atom is -0.368 e. The maximum atomic E-state index is 13.3. The monoisotopic (exact) mass is 278 g/mol. The van der Waals surface area contributed by atoms with Crippen molar-refractivity contribution in [3.8, 4) is 0 Å². The third-order valence-corrected chi connectivity index (χ3v) is 3.41. The molecule has 3 N–H and O–H groups in total. The number of nitrogen functional groups attached to an aromatic ring is 1. The van der Waals surface area contributed by atoms with Gasteiger partial charge in [0.05, 0.1) is 6.04 Å². The van der Waals surface area contributed by atoms with Gasteiger partial charge in [0.15, 0.2) is 0 Å². The highest BCUT2D eigenvalue weighted by Gasteiger charge is 2.23. The Bertz CT molecular complexity index is 612. The van der Waals surface area contributed by atoms with Crippen LogP contribution in [0.5, 0.6) is 0 Å². The summed E-state index contributed by atoms with van der Waals surface area (Å²) < 4.78 is 13.3. The Morgan fingerprint density at radius 1 is 1.32 bits per heavy atom. The van der Waals surface area contributed by atoms with Gasteiger partial charge in [-0.1, -0.05) is 17.7 Å². The standard InChI is InChI=1S/C13H12ClFN4/c14-11-6-12(19-13(16)18-11)17-10-4-2-7-1-3-8(15)5-9(7)10/h1,3,5-6,10H,2,4H2,(H3,16,17,18,19). The van der Waals surface area contributed by atoms with Crippen LogP contribution in [-0.4, -0.2) is 9.97 Å². The van der Waals surface area contributed by atoms with E-state index in [1.807, 2.05) is 6.07 Å². The first-order valence-corrected chi connectivity index (χ1v) is 6.34. The summed E-state index contributed by atoms with van der Waals surface area (Å²) in [5, 5.41) is 3.51. The van der Waals surface area contributed by atoms with E-state index in [1.54, 1.807) is 12.1 Å². The van der Waals surface area contributed by atoms with Gasteiger partial charge >= 0.3 is 0 Å². The lowest BCUT2D eigenvalue weighted by Gasteiger charge is -2.15. The molecule has 98 valence electrons. The predicted molar refractivity (Wildman–Crippen MR) is 72.5 cm³/mol.